The molecule has 0 aromatic carbocycles. The molecule has 0 heterocycles. The van der Waals surface area contributed by atoms with Gasteiger partial charge in [0.15, 0.2) is 0 Å². The van der Waals surface area contributed by atoms with Crippen LogP contribution in [0.25, 0.3) is 0 Å². The van der Waals surface area contributed by atoms with Gasteiger partial charge in [-0.1, -0.05) is 48.8 Å². The van der Waals surface area contributed by atoms with Crippen molar-refractivity contribution in [2.75, 3.05) is 0 Å². The summed E-state index contributed by atoms with van der Waals surface area (Å²) in [6.07, 6.45) is 4.15. The third-order valence-corrected chi connectivity index (χ3v) is 3.49. The van der Waals surface area contributed by atoms with Crippen molar-refractivity contribution in [3.05, 3.63) is 45.4 Å². The van der Waals surface area contributed by atoms with Gasteiger partial charge in [0, 0.05) is 9.81 Å². The first-order chi connectivity index (χ1) is 6.15. The van der Waals surface area contributed by atoms with Crippen LogP contribution < -0.4 is 0 Å². The molecule has 0 aliphatic rings. The molecule has 0 bridgehead atoms. The highest BCUT2D eigenvalue weighted by atomic mass is 32.2. The summed E-state index contributed by atoms with van der Waals surface area (Å²) in [4.78, 5) is 3.54. The zero-order chi connectivity index (χ0) is 10.3. The van der Waals surface area contributed by atoms with Crippen molar-refractivity contribution in [3.63, 3.8) is 0 Å². The number of hydrogen-bond acceptors (Lipinski definition) is 2. The van der Waals surface area contributed by atoms with E-state index in [9.17, 15) is 0 Å². The minimum Gasteiger partial charge on any atom is -0.0979 e. The average molecular weight is 212 g/mol. The summed E-state index contributed by atoms with van der Waals surface area (Å²) in [5, 5.41) is 1.83. The van der Waals surface area contributed by atoms with Crippen LogP contribution in [-0.4, -0.2) is 0 Å². The molecular formula is C11H16S2. The Morgan fingerprint density at radius 3 is 2.23 bits per heavy atom. The van der Waals surface area contributed by atoms with E-state index in [1.54, 1.807) is 23.5 Å². The fourth-order valence-electron chi connectivity index (χ4n) is 0.688. The standard InChI is InChI=1S/C11H16S2/c1-6-9(4)13-10(5)11(7-2)12-8-3/h6-8H,3,5H2,1-2,4H3/b9-6-,11-7-. The molecule has 2 heteroatoms. The lowest BCUT2D eigenvalue weighted by atomic mass is 10.5. The Labute approximate surface area is 89.9 Å². The van der Waals surface area contributed by atoms with Crippen LogP contribution in [0.4, 0.5) is 0 Å². The van der Waals surface area contributed by atoms with E-state index >= 15 is 0 Å². The van der Waals surface area contributed by atoms with Crippen molar-refractivity contribution in [1.82, 2.24) is 0 Å². The predicted molar refractivity (Wildman–Crippen MR) is 67.7 cm³/mol. The second-order valence-corrected chi connectivity index (χ2v) is 4.71. The van der Waals surface area contributed by atoms with E-state index in [2.05, 4.69) is 32.2 Å². The van der Waals surface area contributed by atoms with Gasteiger partial charge in [-0.05, 0) is 31.1 Å². The lowest BCUT2D eigenvalue weighted by molar-refractivity contribution is 1.59. The minimum absolute atomic E-state index is 1.09. The van der Waals surface area contributed by atoms with E-state index in [1.165, 1.54) is 9.81 Å². The molecular weight excluding hydrogens is 196 g/mol. The molecule has 13 heavy (non-hydrogen) atoms. The van der Waals surface area contributed by atoms with E-state index in [1.807, 2.05) is 19.3 Å². The normalized spacial score (nSPS) is 12.8. The number of rotatable bonds is 5. The lowest BCUT2D eigenvalue weighted by Crippen LogP contribution is -1.77. The minimum atomic E-state index is 1.09. The summed E-state index contributed by atoms with van der Waals surface area (Å²) in [7, 11) is 0. The molecule has 0 aliphatic heterocycles. The molecule has 0 saturated carbocycles. The van der Waals surface area contributed by atoms with Crippen LogP contribution in [0.5, 0.6) is 0 Å². The smallest absolute Gasteiger partial charge is 0.0206 e. The Hall–Kier alpha value is -0.340. The molecule has 72 valence electrons. The second kappa shape index (κ2) is 7.10. The van der Waals surface area contributed by atoms with Crippen molar-refractivity contribution < 1.29 is 0 Å². The zero-order valence-corrected chi connectivity index (χ0v) is 10.1. The van der Waals surface area contributed by atoms with Gasteiger partial charge in [0.25, 0.3) is 0 Å². The Morgan fingerprint density at radius 1 is 1.23 bits per heavy atom. The molecule has 0 atom stereocenters. The van der Waals surface area contributed by atoms with Gasteiger partial charge < -0.3 is 0 Å². The average Bonchev–Trinajstić information content (AvgIpc) is 2.13. The van der Waals surface area contributed by atoms with Crippen LogP contribution >= 0.6 is 23.5 Å². The molecule has 0 aromatic rings. The summed E-state index contributed by atoms with van der Waals surface area (Å²) in [5.74, 6) is 0. The van der Waals surface area contributed by atoms with Gasteiger partial charge in [-0.3, -0.25) is 0 Å². The third kappa shape index (κ3) is 5.06. The molecule has 0 nitrogen and oxygen atoms in total. The highest BCUT2D eigenvalue weighted by Gasteiger charge is 2.01. The first-order valence-electron chi connectivity index (χ1n) is 4.09. The van der Waals surface area contributed by atoms with E-state index in [-0.39, 0.29) is 0 Å². The Kier molecular flexibility index (Phi) is 6.92. The van der Waals surface area contributed by atoms with Crippen LogP contribution in [0, 0.1) is 0 Å². The van der Waals surface area contributed by atoms with Crippen LogP contribution in [0.3, 0.4) is 0 Å². The molecule has 0 rings (SSSR count). The second-order valence-electron chi connectivity index (χ2n) is 2.36. The lowest BCUT2D eigenvalue weighted by Gasteiger charge is -2.06. The molecule has 0 N–H and O–H groups in total. The molecule has 0 radical (unpaired) electrons. The Morgan fingerprint density at radius 2 is 1.85 bits per heavy atom. The highest BCUT2D eigenvalue weighted by molar-refractivity contribution is 8.11. The maximum atomic E-state index is 4.02. The van der Waals surface area contributed by atoms with Crippen molar-refractivity contribution in [3.8, 4) is 0 Å². The van der Waals surface area contributed by atoms with Crippen LogP contribution in [0.15, 0.2) is 45.4 Å². The number of hydrogen-bond donors (Lipinski definition) is 0. The Balaban J connectivity index is 4.32. The SMILES string of the molecule is C=CS/C(=C\C)C(=C)S/C(C)=C\C. The van der Waals surface area contributed by atoms with Gasteiger partial charge in [0.05, 0.1) is 0 Å². The summed E-state index contributed by atoms with van der Waals surface area (Å²) in [5.41, 5.74) is 0. The summed E-state index contributed by atoms with van der Waals surface area (Å²) in [6, 6.07) is 0. The summed E-state index contributed by atoms with van der Waals surface area (Å²) < 4.78 is 0. The highest BCUT2D eigenvalue weighted by Crippen LogP contribution is 2.35. The van der Waals surface area contributed by atoms with E-state index in [0.29, 0.717) is 0 Å². The number of thioether (sulfide) groups is 2. The van der Waals surface area contributed by atoms with E-state index in [0.717, 1.165) is 4.91 Å². The summed E-state index contributed by atoms with van der Waals surface area (Å²) in [6.45, 7) is 13.8. The fourth-order valence-corrected chi connectivity index (χ4v) is 2.13. The van der Waals surface area contributed by atoms with Crippen LogP contribution in [-0.2, 0) is 0 Å². The van der Waals surface area contributed by atoms with Gasteiger partial charge in [-0.25, -0.2) is 0 Å². The van der Waals surface area contributed by atoms with Gasteiger partial charge in [0.2, 0.25) is 0 Å². The molecule has 0 unspecified atom stereocenters. The maximum absolute atomic E-state index is 4.02. The molecule has 0 amide bonds. The molecule has 0 saturated heterocycles. The fraction of sp³-hybridized carbons (Fsp3) is 0.273. The van der Waals surface area contributed by atoms with Gasteiger partial charge in [0.1, 0.15) is 0 Å². The molecule has 0 aliphatic carbocycles. The van der Waals surface area contributed by atoms with E-state index in [4.69, 9.17) is 0 Å². The monoisotopic (exact) mass is 212 g/mol. The van der Waals surface area contributed by atoms with Crippen molar-refractivity contribution in [1.29, 1.82) is 0 Å². The predicted octanol–water partition coefficient (Wildman–Crippen LogP) is 4.94. The van der Waals surface area contributed by atoms with Crippen molar-refractivity contribution >= 4 is 23.5 Å². The van der Waals surface area contributed by atoms with Gasteiger partial charge in [-0.15, -0.1) is 0 Å². The summed E-state index contributed by atoms with van der Waals surface area (Å²) >= 11 is 3.32. The third-order valence-electron chi connectivity index (χ3n) is 1.44. The largest absolute Gasteiger partial charge is 0.0979 e. The van der Waals surface area contributed by atoms with Crippen molar-refractivity contribution in [2.24, 2.45) is 0 Å². The first kappa shape index (κ1) is 12.7. The van der Waals surface area contributed by atoms with Gasteiger partial charge in [-0.2, -0.15) is 0 Å². The maximum Gasteiger partial charge on any atom is 0.0206 e. The van der Waals surface area contributed by atoms with Crippen molar-refractivity contribution in [2.45, 2.75) is 20.8 Å². The first-order valence-corrected chi connectivity index (χ1v) is 5.79. The molecule has 0 aromatic heterocycles. The number of allylic oxidation sites excluding steroid dienone is 3. The quantitative estimate of drug-likeness (QED) is 0.592. The topological polar surface area (TPSA) is 0 Å². The molecule has 0 fully saturated rings. The molecule has 0 spiro atoms. The van der Waals surface area contributed by atoms with Gasteiger partial charge >= 0.3 is 0 Å². The van der Waals surface area contributed by atoms with E-state index < -0.39 is 0 Å². The Bertz CT molecular complexity index is 247. The van der Waals surface area contributed by atoms with Crippen LogP contribution in [0.1, 0.15) is 20.8 Å². The zero-order valence-electron chi connectivity index (χ0n) is 8.46. The van der Waals surface area contributed by atoms with Crippen LogP contribution in [0.2, 0.25) is 0 Å².